The number of hydrogen-bond acceptors (Lipinski definition) is 8. The Balaban J connectivity index is 1.19. The van der Waals surface area contributed by atoms with Crippen LogP contribution in [0.2, 0.25) is 0 Å². The summed E-state index contributed by atoms with van der Waals surface area (Å²) in [5.74, 6) is 0.482. The van der Waals surface area contributed by atoms with Crippen LogP contribution in [0.25, 0.3) is 33.1 Å². The Labute approximate surface area is 205 Å². The molecule has 3 aromatic carbocycles. The molecular formula is C26H21N7OS. The second-order valence-electron chi connectivity index (χ2n) is 8.40. The minimum Gasteiger partial charge on any atom is -0.356 e. The van der Waals surface area contributed by atoms with Crippen molar-refractivity contribution in [3.63, 3.8) is 0 Å². The molecule has 8 nitrogen and oxygen atoms in total. The number of rotatable bonds is 7. The Morgan fingerprint density at radius 1 is 0.857 bits per heavy atom. The SMILES string of the molecule is O=C(C1CC1)n1nnnc1-c1ccccc1-c1ccc(CNc2nnc(-c3ccccc3)s2)cc1. The number of hydrogen-bond donors (Lipinski definition) is 1. The highest BCUT2D eigenvalue weighted by molar-refractivity contribution is 7.18. The Bertz CT molecular complexity index is 1470. The molecule has 0 spiro atoms. The molecule has 172 valence electrons. The van der Waals surface area contributed by atoms with Crippen LogP contribution in [-0.2, 0) is 6.54 Å². The van der Waals surface area contributed by atoms with Crippen molar-refractivity contribution in [3.05, 3.63) is 84.4 Å². The summed E-state index contributed by atoms with van der Waals surface area (Å²) in [5, 5.41) is 25.5. The van der Waals surface area contributed by atoms with Gasteiger partial charge in [-0.1, -0.05) is 90.2 Å². The van der Waals surface area contributed by atoms with Gasteiger partial charge in [0.1, 0.15) is 5.01 Å². The third-order valence-electron chi connectivity index (χ3n) is 5.93. The molecule has 2 aromatic heterocycles. The van der Waals surface area contributed by atoms with Gasteiger partial charge in [-0.3, -0.25) is 4.79 Å². The molecule has 0 bridgehead atoms. The number of aromatic nitrogens is 6. The molecule has 1 saturated carbocycles. The quantitative estimate of drug-likeness (QED) is 0.321. The van der Waals surface area contributed by atoms with Crippen LogP contribution in [0.3, 0.4) is 0 Å². The first-order valence-corrected chi connectivity index (χ1v) is 12.2. The van der Waals surface area contributed by atoms with E-state index < -0.39 is 0 Å². The van der Waals surface area contributed by atoms with E-state index in [1.54, 1.807) is 0 Å². The van der Waals surface area contributed by atoms with Crippen LogP contribution in [0, 0.1) is 5.92 Å². The van der Waals surface area contributed by atoms with Crippen LogP contribution < -0.4 is 5.32 Å². The van der Waals surface area contributed by atoms with Crippen LogP contribution in [0.15, 0.2) is 78.9 Å². The smallest absolute Gasteiger partial charge is 0.253 e. The van der Waals surface area contributed by atoms with Crippen molar-refractivity contribution in [1.82, 2.24) is 30.4 Å². The first-order chi connectivity index (χ1) is 17.3. The average Bonchev–Trinajstić information content (AvgIpc) is 3.45. The zero-order valence-corrected chi connectivity index (χ0v) is 19.5. The van der Waals surface area contributed by atoms with Gasteiger partial charge in [0.2, 0.25) is 5.13 Å². The highest BCUT2D eigenvalue weighted by Crippen LogP contribution is 2.34. The Morgan fingerprint density at radius 2 is 1.60 bits per heavy atom. The van der Waals surface area contributed by atoms with Gasteiger partial charge in [0.25, 0.3) is 5.91 Å². The molecule has 0 radical (unpaired) electrons. The summed E-state index contributed by atoms with van der Waals surface area (Å²) >= 11 is 1.53. The van der Waals surface area contributed by atoms with Crippen molar-refractivity contribution < 1.29 is 4.79 Å². The van der Waals surface area contributed by atoms with Crippen LogP contribution in [0.1, 0.15) is 23.2 Å². The van der Waals surface area contributed by atoms with E-state index in [4.69, 9.17) is 0 Å². The second-order valence-corrected chi connectivity index (χ2v) is 9.38. The van der Waals surface area contributed by atoms with Gasteiger partial charge in [-0.2, -0.15) is 4.68 Å². The largest absolute Gasteiger partial charge is 0.356 e. The summed E-state index contributed by atoms with van der Waals surface area (Å²) in [6.45, 7) is 0.638. The maximum Gasteiger partial charge on any atom is 0.253 e. The van der Waals surface area contributed by atoms with Crippen molar-refractivity contribution in [1.29, 1.82) is 0 Å². The topological polar surface area (TPSA) is 98.5 Å². The third-order valence-corrected chi connectivity index (χ3v) is 6.86. The lowest BCUT2D eigenvalue weighted by atomic mass is 9.98. The lowest BCUT2D eigenvalue weighted by Gasteiger charge is -2.10. The van der Waals surface area contributed by atoms with E-state index in [0.717, 1.165) is 50.8 Å². The molecule has 0 amide bonds. The molecule has 2 heterocycles. The van der Waals surface area contributed by atoms with Gasteiger partial charge >= 0.3 is 0 Å². The number of benzene rings is 3. The van der Waals surface area contributed by atoms with Crippen LogP contribution in [0.4, 0.5) is 5.13 Å². The molecule has 0 unspecified atom stereocenters. The van der Waals surface area contributed by atoms with E-state index in [2.05, 4.69) is 55.3 Å². The van der Waals surface area contributed by atoms with Gasteiger partial charge in [0, 0.05) is 23.6 Å². The molecule has 35 heavy (non-hydrogen) atoms. The molecule has 1 aliphatic rings. The molecule has 0 saturated heterocycles. The average molecular weight is 480 g/mol. The van der Waals surface area contributed by atoms with E-state index in [-0.39, 0.29) is 11.8 Å². The lowest BCUT2D eigenvalue weighted by Crippen LogP contribution is -2.16. The van der Waals surface area contributed by atoms with Gasteiger partial charge in [-0.05, 0) is 40.0 Å². The zero-order valence-electron chi connectivity index (χ0n) is 18.7. The molecule has 6 rings (SSSR count). The fourth-order valence-corrected chi connectivity index (χ4v) is 4.65. The van der Waals surface area contributed by atoms with Crippen LogP contribution >= 0.6 is 11.3 Å². The minimum absolute atomic E-state index is 0.0340. The maximum absolute atomic E-state index is 12.6. The summed E-state index contributed by atoms with van der Waals surface area (Å²) < 4.78 is 1.35. The van der Waals surface area contributed by atoms with E-state index in [1.807, 2.05) is 54.6 Å². The predicted molar refractivity (Wildman–Crippen MR) is 135 cm³/mol. The Morgan fingerprint density at radius 3 is 2.37 bits per heavy atom. The summed E-state index contributed by atoms with van der Waals surface area (Å²) in [5.41, 5.74) is 5.02. The van der Waals surface area contributed by atoms with Gasteiger partial charge in [-0.15, -0.1) is 15.3 Å². The van der Waals surface area contributed by atoms with Crippen LogP contribution in [0.5, 0.6) is 0 Å². The minimum atomic E-state index is -0.0340. The predicted octanol–water partition coefficient (Wildman–Crippen LogP) is 5.19. The second kappa shape index (κ2) is 9.19. The molecule has 1 N–H and O–H groups in total. The summed E-state index contributed by atoms with van der Waals surface area (Å²) in [6, 6.07) is 26.2. The van der Waals surface area contributed by atoms with E-state index in [0.29, 0.717) is 12.4 Å². The van der Waals surface area contributed by atoms with Crippen molar-refractivity contribution in [2.75, 3.05) is 5.32 Å². The monoisotopic (exact) mass is 479 g/mol. The van der Waals surface area contributed by atoms with Crippen molar-refractivity contribution in [2.45, 2.75) is 19.4 Å². The first kappa shape index (κ1) is 21.3. The summed E-state index contributed by atoms with van der Waals surface area (Å²) in [6.07, 6.45) is 1.81. The Kier molecular flexibility index (Phi) is 5.59. The third kappa shape index (κ3) is 4.45. The zero-order chi connectivity index (χ0) is 23.6. The molecule has 0 atom stereocenters. The number of nitrogens with one attached hydrogen (secondary N) is 1. The number of nitrogens with zero attached hydrogens (tertiary/aromatic N) is 6. The summed E-state index contributed by atoms with van der Waals surface area (Å²) in [7, 11) is 0. The van der Waals surface area contributed by atoms with Gasteiger partial charge < -0.3 is 5.32 Å². The molecule has 9 heteroatoms. The number of carbonyl (C=O) groups is 1. The van der Waals surface area contributed by atoms with E-state index >= 15 is 0 Å². The maximum atomic E-state index is 12.6. The van der Waals surface area contributed by atoms with E-state index in [1.165, 1.54) is 16.0 Å². The van der Waals surface area contributed by atoms with Crippen LogP contribution in [-0.4, -0.2) is 36.3 Å². The number of carbonyl (C=O) groups excluding carboxylic acids is 1. The number of anilines is 1. The highest BCUT2D eigenvalue weighted by atomic mass is 32.1. The Hall–Kier alpha value is -4.24. The standard InChI is InChI=1S/C26H21N7OS/c34-25(20-14-15-20)33-23(28-31-32-33)22-9-5-4-8-21(22)18-12-10-17(11-13-18)16-27-26-30-29-24(35-26)19-6-2-1-3-7-19/h1-13,20H,14-16H2,(H,27,30). The van der Waals surface area contributed by atoms with Crippen molar-refractivity contribution >= 4 is 22.4 Å². The normalized spacial score (nSPS) is 13.0. The molecule has 1 fully saturated rings. The summed E-state index contributed by atoms with van der Waals surface area (Å²) in [4.78, 5) is 12.6. The van der Waals surface area contributed by atoms with Crippen molar-refractivity contribution in [3.8, 4) is 33.1 Å². The molecular weight excluding hydrogens is 458 g/mol. The highest BCUT2D eigenvalue weighted by Gasteiger charge is 2.33. The van der Waals surface area contributed by atoms with Crippen molar-refractivity contribution in [2.24, 2.45) is 5.92 Å². The van der Waals surface area contributed by atoms with E-state index in [9.17, 15) is 4.79 Å². The van der Waals surface area contributed by atoms with Gasteiger partial charge in [0.15, 0.2) is 5.82 Å². The molecule has 5 aromatic rings. The van der Waals surface area contributed by atoms with Gasteiger partial charge in [-0.25, -0.2) is 0 Å². The fourth-order valence-electron chi connectivity index (χ4n) is 3.91. The molecule has 1 aliphatic carbocycles. The first-order valence-electron chi connectivity index (χ1n) is 11.4. The van der Waals surface area contributed by atoms with Gasteiger partial charge in [0.05, 0.1) is 0 Å². The fraction of sp³-hybridized carbons (Fsp3) is 0.154. The number of tetrazole rings is 1. The molecule has 0 aliphatic heterocycles. The lowest BCUT2D eigenvalue weighted by molar-refractivity contribution is 0.0870.